The van der Waals surface area contributed by atoms with E-state index in [4.69, 9.17) is 5.73 Å². The molecule has 0 radical (unpaired) electrons. The summed E-state index contributed by atoms with van der Waals surface area (Å²) in [7, 11) is 0. The number of hydrogen-bond donors (Lipinski definition) is 4. The van der Waals surface area contributed by atoms with Gasteiger partial charge in [0.25, 0.3) is 0 Å². The van der Waals surface area contributed by atoms with Gasteiger partial charge in [-0.2, -0.15) is 11.8 Å². The number of hydrogen-bond acceptors (Lipinski definition) is 5. The smallest absolute Gasteiger partial charge is 0.326 e. The van der Waals surface area contributed by atoms with Gasteiger partial charge in [0, 0.05) is 6.42 Å². The Hall–Kier alpha value is -2.06. The summed E-state index contributed by atoms with van der Waals surface area (Å²) in [6.07, 6.45) is 2.45. The van der Waals surface area contributed by atoms with E-state index in [-0.39, 0.29) is 13.0 Å². The molecular formula is C16H23N3O4S. The standard InChI is InChI=1S/C16H23N3O4S/c1-24-8-7-12(18-14(20)10-17)15(21)19-13(16(22)23)9-11-5-3-2-4-6-11/h2-6,12-13H,7-10,17H2,1H3,(H,18,20)(H,19,21)(H,22,23)/t12-,13-/m0/s1. The first-order chi connectivity index (χ1) is 11.5. The number of aliphatic carboxylic acids is 1. The van der Waals surface area contributed by atoms with Gasteiger partial charge in [-0.05, 0) is 24.0 Å². The lowest BCUT2D eigenvalue weighted by atomic mass is 10.1. The number of benzene rings is 1. The van der Waals surface area contributed by atoms with E-state index in [2.05, 4.69) is 10.6 Å². The Bertz CT molecular complexity index is 554. The molecule has 7 nitrogen and oxygen atoms in total. The third kappa shape index (κ3) is 7.01. The minimum Gasteiger partial charge on any atom is -0.480 e. The van der Waals surface area contributed by atoms with Crippen molar-refractivity contribution in [3.63, 3.8) is 0 Å². The van der Waals surface area contributed by atoms with Crippen LogP contribution in [-0.2, 0) is 20.8 Å². The average molecular weight is 353 g/mol. The summed E-state index contributed by atoms with van der Waals surface area (Å²) in [6, 6.07) is 7.17. The minimum absolute atomic E-state index is 0.169. The van der Waals surface area contributed by atoms with E-state index in [1.807, 2.05) is 12.3 Å². The van der Waals surface area contributed by atoms with Gasteiger partial charge >= 0.3 is 5.97 Å². The lowest BCUT2D eigenvalue weighted by Crippen LogP contribution is -2.53. The van der Waals surface area contributed by atoms with Crippen LogP contribution in [0.25, 0.3) is 0 Å². The van der Waals surface area contributed by atoms with Gasteiger partial charge < -0.3 is 21.5 Å². The van der Waals surface area contributed by atoms with Crippen LogP contribution in [0.4, 0.5) is 0 Å². The van der Waals surface area contributed by atoms with Crippen molar-refractivity contribution in [1.82, 2.24) is 10.6 Å². The number of amides is 2. The Morgan fingerprint density at radius 3 is 2.38 bits per heavy atom. The van der Waals surface area contributed by atoms with Crippen molar-refractivity contribution in [2.75, 3.05) is 18.6 Å². The van der Waals surface area contributed by atoms with Gasteiger partial charge in [-0.3, -0.25) is 9.59 Å². The number of carboxylic acid groups (broad SMARTS) is 1. The van der Waals surface area contributed by atoms with E-state index >= 15 is 0 Å². The Balaban J connectivity index is 2.75. The molecule has 1 rings (SSSR count). The number of carboxylic acids is 1. The van der Waals surface area contributed by atoms with Gasteiger partial charge in [0.15, 0.2) is 0 Å². The maximum Gasteiger partial charge on any atom is 0.326 e. The van der Waals surface area contributed by atoms with Crippen molar-refractivity contribution in [3.05, 3.63) is 35.9 Å². The lowest BCUT2D eigenvalue weighted by molar-refractivity contribution is -0.142. The SMILES string of the molecule is CSCC[C@H](NC(=O)CN)C(=O)N[C@@H](Cc1ccccc1)C(=O)O. The first-order valence-electron chi connectivity index (χ1n) is 7.53. The van der Waals surface area contributed by atoms with Gasteiger partial charge in [-0.25, -0.2) is 4.79 Å². The molecule has 1 aromatic carbocycles. The summed E-state index contributed by atoms with van der Waals surface area (Å²) in [5.41, 5.74) is 6.06. The molecule has 0 heterocycles. The Labute approximate surface area is 145 Å². The number of nitrogens with two attached hydrogens (primary N) is 1. The van der Waals surface area contributed by atoms with Crippen molar-refractivity contribution in [3.8, 4) is 0 Å². The molecule has 2 atom stereocenters. The van der Waals surface area contributed by atoms with E-state index in [0.29, 0.717) is 12.2 Å². The number of carbonyl (C=O) groups is 3. The molecule has 0 saturated heterocycles. The van der Waals surface area contributed by atoms with Crippen molar-refractivity contribution in [1.29, 1.82) is 0 Å². The lowest BCUT2D eigenvalue weighted by Gasteiger charge is -2.21. The zero-order valence-corrected chi connectivity index (χ0v) is 14.3. The summed E-state index contributed by atoms with van der Waals surface area (Å²) in [4.78, 5) is 35.3. The third-order valence-electron chi connectivity index (χ3n) is 3.34. The highest BCUT2D eigenvalue weighted by Gasteiger charge is 2.26. The molecule has 0 aliphatic rings. The third-order valence-corrected chi connectivity index (χ3v) is 3.99. The molecule has 0 unspecified atom stereocenters. The van der Waals surface area contributed by atoms with E-state index in [1.165, 1.54) is 11.8 Å². The predicted molar refractivity (Wildman–Crippen MR) is 93.7 cm³/mol. The van der Waals surface area contributed by atoms with Crippen LogP contribution in [0.5, 0.6) is 0 Å². The van der Waals surface area contributed by atoms with Crippen LogP contribution in [0.1, 0.15) is 12.0 Å². The number of carbonyl (C=O) groups excluding carboxylic acids is 2. The molecule has 132 valence electrons. The fraction of sp³-hybridized carbons (Fsp3) is 0.438. The summed E-state index contributed by atoms with van der Waals surface area (Å²) in [6.45, 7) is -0.227. The molecule has 8 heteroatoms. The Kier molecular flexibility index (Phi) is 8.88. The maximum absolute atomic E-state index is 12.4. The molecule has 0 saturated carbocycles. The van der Waals surface area contributed by atoms with Crippen molar-refractivity contribution in [2.45, 2.75) is 24.9 Å². The van der Waals surface area contributed by atoms with Gasteiger partial charge in [-0.15, -0.1) is 0 Å². The Morgan fingerprint density at radius 1 is 1.17 bits per heavy atom. The largest absolute Gasteiger partial charge is 0.480 e. The van der Waals surface area contributed by atoms with Crippen LogP contribution in [0.3, 0.4) is 0 Å². The summed E-state index contributed by atoms with van der Waals surface area (Å²) in [5.74, 6) is -1.44. The van der Waals surface area contributed by atoms with Crippen molar-refractivity contribution >= 4 is 29.5 Å². The molecule has 24 heavy (non-hydrogen) atoms. The second-order valence-corrected chi connectivity index (χ2v) is 6.18. The molecule has 0 aliphatic carbocycles. The molecule has 0 bridgehead atoms. The van der Waals surface area contributed by atoms with E-state index in [0.717, 1.165) is 5.56 Å². The maximum atomic E-state index is 12.4. The topological polar surface area (TPSA) is 122 Å². The quantitative estimate of drug-likeness (QED) is 0.470. The average Bonchev–Trinajstić information content (AvgIpc) is 2.58. The van der Waals surface area contributed by atoms with Gasteiger partial charge in [0.2, 0.25) is 11.8 Å². The van der Waals surface area contributed by atoms with Crippen LogP contribution >= 0.6 is 11.8 Å². The van der Waals surface area contributed by atoms with Crippen LogP contribution in [-0.4, -0.2) is 53.5 Å². The number of thioether (sulfide) groups is 1. The summed E-state index contributed by atoms with van der Waals surface area (Å²) in [5, 5.41) is 14.4. The highest BCUT2D eigenvalue weighted by molar-refractivity contribution is 7.98. The monoisotopic (exact) mass is 353 g/mol. The van der Waals surface area contributed by atoms with Crippen LogP contribution in [0.2, 0.25) is 0 Å². The first-order valence-corrected chi connectivity index (χ1v) is 8.92. The summed E-state index contributed by atoms with van der Waals surface area (Å²) < 4.78 is 0. The molecule has 0 aliphatic heterocycles. The Morgan fingerprint density at radius 2 is 1.83 bits per heavy atom. The van der Waals surface area contributed by atoms with E-state index in [9.17, 15) is 19.5 Å². The van der Waals surface area contributed by atoms with Gasteiger partial charge in [0.05, 0.1) is 6.54 Å². The molecule has 2 amide bonds. The normalized spacial score (nSPS) is 12.9. The highest BCUT2D eigenvalue weighted by atomic mass is 32.2. The highest BCUT2D eigenvalue weighted by Crippen LogP contribution is 2.06. The second-order valence-electron chi connectivity index (χ2n) is 5.19. The molecule has 0 aromatic heterocycles. The van der Waals surface area contributed by atoms with Gasteiger partial charge in [-0.1, -0.05) is 30.3 Å². The zero-order chi connectivity index (χ0) is 17.9. The number of rotatable bonds is 10. The first kappa shape index (κ1) is 20.0. The predicted octanol–water partition coefficient (Wildman–Crippen LogP) is -0.00490. The van der Waals surface area contributed by atoms with E-state index < -0.39 is 29.9 Å². The molecular weight excluding hydrogens is 330 g/mol. The molecule has 0 fully saturated rings. The molecule has 5 N–H and O–H groups in total. The van der Waals surface area contributed by atoms with Crippen LogP contribution < -0.4 is 16.4 Å². The zero-order valence-electron chi connectivity index (χ0n) is 13.5. The van der Waals surface area contributed by atoms with Crippen molar-refractivity contribution in [2.24, 2.45) is 5.73 Å². The second kappa shape index (κ2) is 10.7. The fourth-order valence-corrected chi connectivity index (χ4v) is 2.55. The summed E-state index contributed by atoms with van der Waals surface area (Å²) >= 11 is 1.53. The van der Waals surface area contributed by atoms with Crippen LogP contribution in [0, 0.1) is 0 Å². The van der Waals surface area contributed by atoms with Crippen molar-refractivity contribution < 1.29 is 19.5 Å². The minimum atomic E-state index is -1.12. The molecule has 0 spiro atoms. The molecule has 1 aromatic rings. The van der Waals surface area contributed by atoms with Gasteiger partial charge in [0.1, 0.15) is 12.1 Å². The van der Waals surface area contributed by atoms with Crippen LogP contribution in [0.15, 0.2) is 30.3 Å². The fourth-order valence-electron chi connectivity index (χ4n) is 2.08. The number of nitrogens with one attached hydrogen (secondary N) is 2. The van der Waals surface area contributed by atoms with E-state index in [1.54, 1.807) is 24.3 Å².